The Morgan fingerprint density at radius 3 is 2.68 bits per heavy atom. The van der Waals surface area contributed by atoms with Crippen molar-refractivity contribution in [2.24, 2.45) is 10.7 Å². The lowest BCUT2D eigenvalue weighted by molar-refractivity contribution is -0.114. The van der Waals surface area contributed by atoms with Gasteiger partial charge in [0.25, 0.3) is 0 Å². The number of morpholine rings is 1. The summed E-state index contributed by atoms with van der Waals surface area (Å²) in [5.74, 6) is 0.217. The molecule has 6 nitrogen and oxygen atoms in total. The molecule has 1 fully saturated rings. The molecule has 1 heterocycles. The van der Waals surface area contributed by atoms with E-state index >= 15 is 0 Å². The fourth-order valence-corrected chi connectivity index (χ4v) is 1.77. The van der Waals surface area contributed by atoms with Crippen molar-refractivity contribution in [3.05, 3.63) is 30.3 Å². The summed E-state index contributed by atoms with van der Waals surface area (Å²) in [6, 6.07) is 9.27. The molecular formula is C13H18N4O2. The number of benzene rings is 1. The monoisotopic (exact) mass is 262 g/mol. The van der Waals surface area contributed by atoms with Gasteiger partial charge in [0.05, 0.1) is 13.2 Å². The SMILES string of the molecule is NC(=NCC(=O)Nc1ccccc1)N1CCOCC1. The number of carbonyl (C=O) groups is 1. The van der Waals surface area contributed by atoms with Crippen LogP contribution in [0.25, 0.3) is 0 Å². The average molecular weight is 262 g/mol. The molecule has 1 aliphatic heterocycles. The molecule has 6 heteroatoms. The third kappa shape index (κ3) is 4.26. The number of amides is 1. The molecule has 0 bridgehead atoms. The van der Waals surface area contributed by atoms with Crippen molar-refractivity contribution in [1.82, 2.24) is 4.90 Å². The van der Waals surface area contributed by atoms with E-state index in [1.165, 1.54) is 0 Å². The Morgan fingerprint density at radius 1 is 1.32 bits per heavy atom. The predicted molar refractivity (Wildman–Crippen MR) is 74.0 cm³/mol. The van der Waals surface area contributed by atoms with Crippen molar-refractivity contribution in [1.29, 1.82) is 0 Å². The number of hydrogen-bond acceptors (Lipinski definition) is 3. The smallest absolute Gasteiger partial charge is 0.246 e. The van der Waals surface area contributed by atoms with E-state index in [-0.39, 0.29) is 12.5 Å². The van der Waals surface area contributed by atoms with Gasteiger partial charge in [0.2, 0.25) is 5.91 Å². The number of hydrogen-bond donors (Lipinski definition) is 2. The van der Waals surface area contributed by atoms with E-state index in [0.29, 0.717) is 19.2 Å². The van der Waals surface area contributed by atoms with E-state index in [1.54, 1.807) is 0 Å². The lowest BCUT2D eigenvalue weighted by atomic mass is 10.3. The van der Waals surface area contributed by atoms with Crippen LogP contribution in [0, 0.1) is 0 Å². The Balaban J connectivity index is 1.82. The molecule has 1 aliphatic rings. The van der Waals surface area contributed by atoms with Crippen molar-refractivity contribution in [2.75, 3.05) is 38.2 Å². The van der Waals surface area contributed by atoms with Crippen molar-refractivity contribution in [3.63, 3.8) is 0 Å². The summed E-state index contributed by atoms with van der Waals surface area (Å²) in [5, 5.41) is 2.76. The summed E-state index contributed by atoms with van der Waals surface area (Å²) in [7, 11) is 0. The van der Waals surface area contributed by atoms with Gasteiger partial charge < -0.3 is 20.7 Å². The number of nitrogens with one attached hydrogen (secondary N) is 1. The Bertz CT molecular complexity index is 441. The summed E-state index contributed by atoms with van der Waals surface area (Å²) in [6.07, 6.45) is 0. The fraction of sp³-hybridized carbons (Fsp3) is 0.385. The number of aliphatic imine (C=N–C) groups is 1. The zero-order valence-electron chi connectivity index (χ0n) is 10.7. The van der Waals surface area contributed by atoms with E-state index in [0.717, 1.165) is 18.8 Å². The van der Waals surface area contributed by atoms with E-state index in [4.69, 9.17) is 10.5 Å². The highest BCUT2D eigenvalue weighted by Gasteiger charge is 2.12. The van der Waals surface area contributed by atoms with Gasteiger partial charge in [-0.05, 0) is 12.1 Å². The lowest BCUT2D eigenvalue weighted by Crippen LogP contribution is -2.45. The maximum atomic E-state index is 11.7. The molecule has 1 aromatic carbocycles. The Kier molecular flexibility index (Phi) is 4.74. The number of rotatable bonds is 3. The zero-order valence-corrected chi connectivity index (χ0v) is 10.7. The Hall–Kier alpha value is -2.08. The molecule has 1 saturated heterocycles. The van der Waals surface area contributed by atoms with Gasteiger partial charge in [0.1, 0.15) is 6.54 Å². The lowest BCUT2D eigenvalue weighted by Gasteiger charge is -2.27. The summed E-state index contributed by atoms with van der Waals surface area (Å²) in [4.78, 5) is 17.7. The molecule has 19 heavy (non-hydrogen) atoms. The molecule has 0 saturated carbocycles. The number of para-hydroxylation sites is 1. The number of guanidine groups is 1. The van der Waals surface area contributed by atoms with Crippen LogP contribution < -0.4 is 11.1 Å². The van der Waals surface area contributed by atoms with Gasteiger partial charge in [-0.1, -0.05) is 18.2 Å². The third-order valence-corrected chi connectivity index (χ3v) is 2.78. The molecule has 1 aromatic rings. The predicted octanol–water partition coefficient (Wildman–Crippen LogP) is 0.272. The first-order chi connectivity index (χ1) is 9.25. The van der Waals surface area contributed by atoms with Crippen LogP contribution in [0.5, 0.6) is 0 Å². The van der Waals surface area contributed by atoms with Gasteiger partial charge in [-0.3, -0.25) is 4.79 Å². The molecule has 0 spiro atoms. The zero-order chi connectivity index (χ0) is 13.5. The number of carbonyl (C=O) groups excluding carboxylic acids is 1. The third-order valence-electron chi connectivity index (χ3n) is 2.78. The van der Waals surface area contributed by atoms with Crippen molar-refractivity contribution >= 4 is 17.6 Å². The van der Waals surface area contributed by atoms with E-state index in [2.05, 4.69) is 10.3 Å². The van der Waals surface area contributed by atoms with Crippen molar-refractivity contribution in [3.8, 4) is 0 Å². The first-order valence-electron chi connectivity index (χ1n) is 6.23. The van der Waals surface area contributed by atoms with Crippen LogP contribution in [-0.4, -0.2) is 49.6 Å². The molecular weight excluding hydrogens is 244 g/mol. The fourth-order valence-electron chi connectivity index (χ4n) is 1.77. The number of ether oxygens (including phenoxy) is 1. The molecule has 2 rings (SSSR count). The van der Waals surface area contributed by atoms with Crippen molar-refractivity contribution in [2.45, 2.75) is 0 Å². The highest BCUT2D eigenvalue weighted by atomic mass is 16.5. The molecule has 1 amide bonds. The quantitative estimate of drug-likeness (QED) is 0.605. The van der Waals surface area contributed by atoms with E-state index < -0.39 is 0 Å². The van der Waals surface area contributed by atoms with Crippen LogP contribution in [0.1, 0.15) is 0 Å². The van der Waals surface area contributed by atoms with Crippen LogP contribution in [0.3, 0.4) is 0 Å². The van der Waals surface area contributed by atoms with Crippen LogP contribution in [0.15, 0.2) is 35.3 Å². The second-order valence-electron chi connectivity index (χ2n) is 4.19. The van der Waals surface area contributed by atoms with Crippen molar-refractivity contribution < 1.29 is 9.53 Å². The summed E-state index contributed by atoms with van der Waals surface area (Å²) in [6.45, 7) is 2.75. The van der Waals surface area contributed by atoms with Crippen LogP contribution >= 0.6 is 0 Å². The molecule has 0 aliphatic carbocycles. The highest BCUT2D eigenvalue weighted by Crippen LogP contribution is 2.04. The minimum atomic E-state index is -0.178. The van der Waals surface area contributed by atoms with Gasteiger partial charge >= 0.3 is 0 Å². The molecule has 3 N–H and O–H groups in total. The molecule has 102 valence electrons. The van der Waals surface area contributed by atoms with Gasteiger partial charge in [0, 0.05) is 18.8 Å². The van der Waals surface area contributed by atoms with Crippen LogP contribution in [0.2, 0.25) is 0 Å². The molecule has 0 radical (unpaired) electrons. The maximum Gasteiger partial charge on any atom is 0.246 e. The second-order valence-corrected chi connectivity index (χ2v) is 4.19. The van der Waals surface area contributed by atoms with Gasteiger partial charge in [0.15, 0.2) is 5.96 Å². The number of nitrogens with two attached hydrogens (primary N) is 1. The number of anilines is 1. The highest BCUT2D eigenvalue weighted by molar-refractivity contribution is 5.93. The van der Waals surface area contributed by atoms with Gasteiger partial charge in [-0.25, -0.2) is 4.99 Å². The van der Waals surface area contributed by atoms with Crippen LogP contribution in [-0.2, 0) is 9.53 Å². The molecule has 0 unspecified atom stereocenters. The normalized spacial score (nSPS) is 16.2. The maximum absolute atomic E-state index is 11.7. The number of nitrogens with zero attached hydrogens (tertiary/aromatic N) is 2. The van der Waals surface area contributed by atoms with Gasteiger partial charge in [-0.2, -0.15) is 0 Å². The minimum Gasteiger partial charge on any atom is -0.378 e. The Morgan fingerprint density at radius 2 is 2.00 bits per heavy atom. The largest absolute Gasteiger partial charge is 0.378 e. The standard InChI is InChI=1S/C13H18N4O2/c14-13(17-6-8-19-9-7-17)15-10-12(18)16-11-4-2-1-3-5-11/h1-5H,6-10H2,(H2,14,15)(H,16,18). The first kappa shape index (κ1) is 13.4. The van der Waals surface area contributed by atoms with Gasteiger partial charge in [-0.15, -0.1) is 0 Å². The second kappa shape index (κ2) is 6.75. The topological polar surface area (TPSA) is 79.9 Å². The van der Waals surface area contributed by atoms with E-state index in [1.807, 2.05) is 35.2 Å². The summed E-state index contributed by atoms with van der Waals surface area (Å²) < 4.78 is 5.22. The van der Waals surface area contributed by atoms with Crippen LogP contribution in [0.4, 0.5) is 5.69 Å². The molecule has 0 aromatic heterocycles. The summed E-state index contributed by atoms with van der Waals surface area (Å²) >= 11 is 0. The average Bonchev–Trinajstić information content (AvgIpc) is 2.47. The van der Waals surface area contributed by atoms with E-state index in [9.17, 15) is 4.79 Å². The molecule has 0 atom stereocenters. The first-order valence-corrected chi connectivity index (χ1v) is 6.23. The minimum absolute atomic E-state index is 0.0259. The Labute approximate surface area is 112 Å². The summed E-state index contributed by atoms with van der Waals surface area (Å²) in [5.41, 5.74) is 6.59.